The van der Waals surface area contributed by atoms with Gasteiger partial charge < -0.3 is 14.9 Å². The number of ether oxygens (including phenoxy) is 1. The summed E-state index contributed by atoms with van der Waals surface area (Å²) in [5.74, 6) is -1.63. The summed E-state index contributed by atoms with van der Waals surface area (Å²) in [5.41, 5.74) is 0.780. The van der Waals surface area contributed by atoms with E-state index in [4.69, 9.17) is 14.9 Å². The summed E-state index contributed by atoms with van der Waals surface area (Å²) in [6, 6.07) is 3.19. The molecule has 0 unspecified atom stereocenters. The van der Waals surface area contributed by atoms with Gasteiger partial charge in [-0.2, -0.15) is 0 Å². The monoisotopic (exact) mass is 604 g/mol. The van der Waals surface area contributed by atoms with Crippen LogP contribution in [0.1, 0.15) is 121 Å². The molecule has 0 saturated heterocycles. The number of benzene rings is 1. The Bertz CT molecular complexity index is 712. The fraction of sp³-hybridized carbons (Fsp3) is 0.714. The van der Waals surface area contributed by atoms with E-state index in [0.717, 1.165) is 12.8 Å². The van der Waals surface area contributed by atoms with E-state index in [1.165, 1.54) is 89.9 Å². The highest BCUT2D eigenvalue weighted by atomic mass is 127. The molecule has 0 aromatic heterocycles. The molecule has 0 spiro atoms. The van der Waals surface area contributed by atoms with E-state index in [2.05, 4.69) is 6.92 Å². The maximum Gasteiger partial charge on any atom is 0.307 e. The minimum Gasteiger partial charge on any atom is -0.494 e. The molecule has 200 valence electrons. The molecule has 0 radical (unpaired) electrons. The van der Waals surface area contributed by atoms with Crippen LogP contribution in [-0.4, -0.2) is 28.8 Å². The van der Waals surface area contributed by atoms with Gasteiger partial charge in [-0.15, -0.1) is 0 Å². The molecule has 0 aliphatic rings. The standard InChI is InChI=1S/C28H45IO6/c1-2-3-4-5-6-7-8-9-10-11-12-13-14-15-16-17-18-35-25-19-23(21-26(30)31)28(29-34)24(20-25)22-27(32)33/h19-20H,2-18,21-22H2,1H3,(H,30,31)(H,32,33). The van der Waals surface area contributed by atoms with Gasteiger partial charge in [0.1, 0.15) is 5.75 Å². The van der Waals surface area contributed by atoms with Gasteiger partial charge in [0.05, 0.1) is 23.0 Å². The first-order valence-corrected chi connectivity index (χ1v) is 15.4. The zero-order valence-electron chi connectivity index (χ0n) is 21.5. The summed E-state index contributed by atoms with van der Waals surface area (Å²) in [6.07, 6.45) is 20.2. The number of carboxylic acids is 2. The number of aliphatic carboxylic acids is 2. The van der Waals surface area contributed by atoms with Crippen molar-refractivity contribution in [2.75, 3.05) is 6.61 Å². The van der Waals surface area contributed by atoms with E-state index in [-0.39, 0.29) is 12.8 Å². The molecule has 0 aliphatic carbocycles. The van der Waals surface area contributed by atoms with Crippen molar-refractivity contribution < 1.29 is 27.6 Å². The summed E-state index contributed by atoms with van der Waals surface area (Å²) >= 11 is -1.68. The molecule has 0 heterocycles. The maximum atomic E-state index is 11.7. The number of halogens is 1. The SMILES string of the molecule is CCCCCCCCCCCCCCCCCCOc1cc(CC(=O)O)c(I=O)c(CC(=O)O)c1. The van der Waals surface area contributed by atoms with Gasteiger partial charge in [0.2, 0.25) is 0 Å². The van der Waals surface area contributed by atoms with Crippen molar-refractivity contribution in [3.8, 4) is 5.75 Å². The van der Waals surface area contributed by atoms with Crippen LogP contribution < -0.4 is 4.74 Å². The Kier molecular flexibility index (Phi) is 18.6. The number of unbranched alkanes of at least 4 members (excludes halogenated alkanes) is 15. The van der Waals surface area contributed by atoms with Crippen LogP contribution in [0.15, 0.2) is 12.1 Å². The largest absolute Gasteiger partial charge is 0.494 e. The van der Waals surface area contributed by atoms with Crippen LogP contribution >= 0.6 is 21.2 Å². The predicted octanol–water partition coefficient (Wildman–Crippen LogP) is 8.07. The van der Waals surface area contributed by atoms with Gasteiger partial charge in [-0.05, 0) is 29.7 Å². The zero-order valence-corrected chi connectivity index (χ0v) is 23.7. The lowest BCUT2D eigenvalue weighted by Crippen LogP contribution is -2.09. The van der Waals surface area contributed by atoms with Gasteiger partial charge in [-0.25, -0.2) is 0 Å². The molecule has 35 heavy (non-hydrogen) atoms. The van der Waals surface area contributed by atoms with E-state index in [0.29, 0.717) is 27.1 Å². The number of rotatable bonds is 23. The number of carboxylic acid groups (broad SMARTS) is 2. The lowest BCUT2D eigenvalue weighted by molar-refractivity contribution is -0.137. The van der Waals surface area contributed by atoms with Gasteiger partial charge in [0, 0.05) is 0 Å². The van der Waals surface area contributed by atoms with Gasteiger partial charge in [0.15, 0.2) is 21.2 Å². The molecule has 0 bridgehead atoms. The van der Waals surface area contributed by atoms with Crippen LogP contribution in [0.25, 0.3) is 0 Å². The van der Waals surface area contributed by atoms with Crippen LogP contribution in [-0.2, 0) is 25.5 Å². The Balaban J connectivity index is 2.17. The second-order valence-corrected chi connectivity index (χ2v) is 10.9. The molecule has 0 amide bonds. The van der Waals surface area contributed by atoms with Crippen LogP contribution in [0.2, 0.25) is 0 Å². The van der Waals surface area contributed by atoms with Crippen LogP contribution in [0.4, 0.5) is 0 Å². The van der Waals surface area contributed by atoms with Crippen molar-refractivity contribution in [3.63, 3.8) is 0 Å². The Labute approximate surface area is 221 Å². The van der Waals surface area contributed by atoms with E-state index in [9.17, 15) is 12.7 Å². The zero-order chi connectivity index (χ0) is 25.7. The fourth-order valence-electron chi connectivity index (χ4n) is 4.32. The molecule has 0 saturated carbocycles. The summed E-state index contributed by atoms with van der Waals surface area (Å²) in [6.45, 7) is 2.77. The van der Waals surface area contributed by atoms with Crippen molar-refractivity contribution in [2.24, 2.45) is 0 Å². The lowest BCUT2D eigenvalue weighted by Gasteiger charge is -2.12. The number of carbonyl (C=O) groups is 2. The summed E-state index contributed by atoms with van der Waals surface area (Å²) in [7, 11) is 0. The van der Waals surface area contributed by atoms with Gasteiger partial charge in [-0.3, -0.25) is 12.7 Å². The van der Waals surface area contributed by atoms with Crippen molar-refractivity contribution in [1.82, 2.24) is 0 Å². The topological polar surface area (TPSA) is 101 Å². The van der Waals surface area contributed by atoms with Gasteiger partial charge >= 0.3 is 11.9 Å². The Morgan fingerprint density at radius 3 is 1.40 bits per heavy atom. The second kappa shape index (κ2) is 20.7. The van der Waals surface area contributed by atoms with Gasteiger partial charge in [0.25, 0.3) is 0 Å². The first-order valence-electron chi connectivity index (χ1n) is 13.5. The van der Waals surface area contributed by atoms with Crippen molar-refractivity contribution >= 4 is 33.1 Å². The maximum absolute atomic E-state index is 11.7. The fourth-order valence-corrected chi connectivity index (χ4v) is 5.58. The van der Waals surface area contributed by atoms with E-state index >= 15 is 0 Å². The average Bonchev–Trinajstić information content (AvgIpc) is 2.80. The van der Waals surface area contributed by atoms with E-state index < -0.39 is 33.1 Å². The normalized spacial score (nSPS) is 11.0. The highest BCUT2D eigenvalue weighted by molar-refractivity contribution is 14.1. The van der Waals surface area contributed by atoms with Crippen molar-refractivity contribution in [1.29, 1.82) is 0 Å². The second-order valence-electron chi connectivity index (χ2n) is 9.43. The molecule has 7 heteroatoms. The highest BCUT2D eigenvalue weighted by Crippen LogP contribution is 2.28. The number of hydrogen-bond donors (Lipinski definition) is 2. The first-order chi connectivity index (χ1) is 17.0. The molecule has 0 atom stereocenters. The minimum atomic E-state index is -1.68. The molecule has 1 aromatic rings. The first kappa shape index (κ1) is 31.5. The third-order valence-electron chi connectivity index (χ3n) is 6.22. The summed E-state index contributed by atoms with van der Waals surface area (Å²) in [5, 5.41) is 18.3. The highest BCUT2D eigenvalue weighted by Gasteiger charge is 2.16. The molecule has 1 rings (SSSR count). The smallest absolute Gasteiger partial charge is 0.307 e. The average molecular weight is 605 g/mol. The molecule has 2 N–H and O–H groups in total. The third-order valence-corrected chi connectivity index (χ3v) is 8.05. The quantitative estimate of drug-likeness (QED) is 0.0968. The van der Waals surface area contributed by atoms with Crippen molar-refractivity contribution in [3.05, 3.63) is 26.8 Å². The molecule has 1 aromatic carbocycles. The molecule has 6 nitrogen and oxygen atoms in total. The Morgan fingerprint density at radius 2 is 1.06 bits per heavy atom. The van der Waals surface area contributed by atoms with E-state index in [1.807, 2.05) is 0 Å². The lowest BCUT2D eigenvalue weighted by atomic mass is 10.0. The summed E-state index contributed by atoms with van der Waals surface area (Å²) < 4.78 is 17.8. The summed E-state index contributed by atoms with van der Waals surface area (Å²) in [4.78, 5) is 22.3. The van der Waals surface area contributed by atoms with Crippen LogP contribution in [0.5, 0.6) is 5.75 Å². The molecule has 0 fully saturated rings. The molecule has 0 aliphatic heterocycles. The molecular formula is C28H45IO6. The van der Waals surface area contributed by atoms with Gasteiger partial charge in [-0.1, -0.05) is 103 Å². The van der Waals surface area contributed by atoms with Crippen LogP contribution in [0.3, 0.4) is 0 Å². The van der Waals surface area contributed by atoms with Crippen molar-refractivity contribution in [2.45, 2.75) is 122 Å². The van der Waals surface area contributed by atoms with Crippen LogP contribution in [0, 0.1) is 3.57 Å². The minimum absolute atomic E-state index is 0.292. The molecular weight excluding hydrogens is 559 g/mol. The predicted molar refractivity (Wildman–Crippen MR) is 148 cm³/mol. The Morgan fingerprint density at radius 1 is 0.686 bits per heavy atom. The Hall–Kier alpha value is -1.51. The number of hydrogen-bond acceptors (Lipinski definition) is 4. The van der Waals surface area contributed by atoms with E-state index in [1.54, 1.807) is 12.1 Å². The third kappa shape index (κ3) is 16.0.